The van der Waals surface area contributed by atoms with E-state index in [1.807, 2.05) is 36.4 Å². The highest BCUT2D eigenvalue weighted by Crippen LogP contribution is 2.34. The summed E-state index contributed by atoms with van der Waals surface area (Å²) in [6.45, 7) is 1.50. The van der Waals surface area contributed by atoms with Crippen molar-refractivity contribution in [2.45, 2.75) is 25.1 Å². The molecule has 0 saturated carbocycles. The van der Waals surface area contributed by atoms with Gasteiger partial charge >= 0.3 is 0 Å². The summed E-state index contributed by atoms with van der Waals surface area (Å²) in [4.78, 5) is 30.1. The standard InChI is InChI=1S/C38H30F2N2O3/c39-30-14-10-26(11-15-30)28-18-29(27-12-16-31(40)17-13-27)20-33(19-28)45-34-21-32(41(24-34)22-25-6-2-1-3-7-25)23-42-37(43)35-8-4-5-9-36(35)38(42)44/h1-20,32,34H,21-24H2/t32-,34-/m0/s1. The Balaban J connectivity index is 1.18. The minimum absolute atomic E-state index is 0.116. The molecule has 0 aliphatic carbocycles. The molecule has 224 valence electrons. The molecule has 0 spiro atoms. The summed E-state index contributed by atoms with van der Waals surface area (Å²) in [7, 11) is 0. The molecular weight excluding hydrogens is 570 g/mol. The van der Waals surface area contributed by atoms with Gasteiger partial charge in [-0.3, -0.25) is 19.4 Å². The molecule has 2 atom stereocenters. The molecule has 2 aliphatic rings. The summed E-state index contributed by atoms with van der Waals surface area (Å²) < 4.78 is 34.1. The maximum atomic E-state index is 13.7. The summed E-state index contributed by atoms with van der Waals surface area (Å²) in [6, 6.07) is 35.3. The summed E-state index contributed by atoms with van der Waals surface area (Å²) in [6.07, 6.45) is 0.380. The van der Waals surface area contributed by atoms with Crippen LogP contribution in [-0.2, 0) is 6.54 Å². The van der Waals surface area contributed by atoms with Crippen LogP contribution in [0.1, 0.15) is 32.7 Å². The highest BCUT2D eigenvalue weighted by molar-refractivity contribution is 6.21. The number of nitrogens with zero attached hydrogens (tertiary/aromatic N) is 2. The van der Waals surface area contributed by atoms with Crippen molar-refractivity contribution in [1.82, 2.24) is 9.80 Å². The number of likely N-dealkylation sites (tertiary alicyclic amines) is 1. The Labute approximate surface area is 260 Å². The van der Waals surface area contributed by atoms with Gasteiger partial charge in [-0.1, -0.05) is 66.7 Å². The first kappa shape index (κ1) is 28.6. The van der Waals surface area contributed by atoms with E-state index in [2.05, 4.69) is 17.0 Å². The lowest BCUT2D eigenvalue weighted by Crippen LogP contribution is -2.42. The van der Waals surface area contributed by atoms with Gasteiger partial charge in [0.15, 0.2) is 0 Å². The molecule has 1 fully saturated rings. The largest absolute Gasteiger partial charge is 0.489 e. The number of carbonyl (C=O) groups excluding carboxylic acids is 2. The number of amides is 2. The second-order valence-electron chi connectivity index (χ2n) is 11.6. The Morgan fingerprint density at radius 3 is 1.73 bits per heavy atom. The van der Waals surface area contributed by atoms with Crippen LogP contribution in [0.15, 0.2) is 121 Å². The lowest BCUT2D eigenvalue weighted by Gasteiger charge is -2.27. The van der Waals surface area contributed by atoms with E-state index < -0.39 is 0 Å². The summed E-state index contributed by atoms with van der Waals surface area (Å²) >= 11 is 0. The minimum atomic E-state index is -0.321. The molecule has 0 unspecified atom stereocenters. The van der Waals surface area contributed by atoms with Crippen LogP contribution in [-0.4, -0.2) is 46.8 Å². The minimum Gasteiger partial charge on any atom is -0.489 e. The second kappa shape index (κ2) is 12.1. The van der Waals surface area contributed by atoms with Gasteiger partial charge in [0.25, 0.3) is 11.8 Å². The third kappa shape index (κ3) is 5.99. The highest BCUT2D eigenvalue weighted by atomic mass is 19.1. The Morgan fingerprint density at radius 1 is 0.644 bits per heavy atom. The summed E-state index contributed by atoms with van der Waals surface area (Å²) in [5.41, 5.74) is 5.34. The smallest absolute Gasteiger partial charge is 0.261 e. The first-order valence-electron chi connectivity index (χ1n) is 15.0. The fourth-order valence-corrected chi connectivity index (χ4v) is 6.32. The predicted octanol–water partition coefficient (Wildman–Crippen LogP) is 7.62. The van der Waals surface area contributed by atoms with Crippen LogP contribution in [0.25, 0.3) is 22.3 Å². The number of ether oxygens (including phenoxy) is 1. The Morgan fingerprint density at radius 2 is 1.18 bits per heavy atom. The zero-order chi connectivity index (χ0) is 30.9. The first-order chi connectivity index (χ1) is 21.9. The zero-order valence-corrected chi connectivity index (χ0v) is 24.4. The molecule has 2 aliphatic heterocycles. The maximum Gasteiger partial charge on any atom is 0.261 e. The van der Waals surface area contributed by atoms with Crippen LogP contribution < -0.4 is 4.74 Å². The lowest BCUT2D eigenvalue weighted by atomic mass is 9.98. The number of hydrogen-bond donors (Lipinski definition) is 0. The van der Waals surface area contributed by atoms with Crippen LogP contribution in [0.4, 0.5) is 8.78 Å². The Hall–Kier alpha value is -5.14. The molecule has 7 rings (SSSR count). The van der Waals surface area contributed by atoms with E-state index in [-0.39, 0.29) is 42.1 Å². The van der Waals surface area contributed by atoms with Gasteiger partial charge in [0.05, 0.1) is 11.1 Å². The molecule has 2 amide bonds. The molecule has 0 aromatic heterocycles. The molecule has 0 bridgehead atoms. The second-order valence-corrected chi connectivity index (χ2v) is 11.6. The van der Waals surface area contributed by atoms with E-state index in [1.165, 1.54) is 29.2 Å². The van der Waals surface area contributed by atoms with Crippen molar-refractivity contribution in [2.75, 3.05) is 13.1 Å². The van der Waals surface area contributed by atoms with Gasteiger partial charge in [0, 0.05) is 32.1 Å². The van der Waals surface area contributed by atoms with E-state index in [9.17, 15) is 18.4 Å². The number of halogens is 2. The van der Waals surface area contributed by atoms with Crippen molar-refractivity contribution in [1.29, 1.82) is 0 Å². The van der Waals surface area contributed by atoms with Crippen molar-refractivity contribution in [3.63, 3.8) is 0 Å². The lowest BCUT2D eigenvalue weighted by molar-refractivity contribution is 0.0607. The molecule has 5 aromatic rings. The van der Waals surface area contributed by atoms with Gasteiger partial charge in [0.2, 0.25) is 0 Å². The average Bonchev–Trinajstić information content (AvgIpc) is 3.54. The summed E-state index contributed by atoms with van der Waals surface area (Å²) in [5, 5.41) is 0. The van der Waals surface area contributed by atoms with Gasteiger partial charge in [-0.15, -0.1) is 0 Å². The van der Waals surface area contributed by atoms with Gasteiger partial charge < -0.3 is 4.74 Å². The fourth-order valence-electron chi connectivity index (χ4n) is 6.32. The van der Waals surface area contributed by atoms with Crippen LogP contribution in [0.3, 0.4) is 0 Å². The fraction of sp³-hybridized carbons (Fsp3) is 0.158. The molecular formula is C38H30F2N2O3. The number of imide groups is 1. The molecule has 0 N–H and O–H groups in total. The monoisotopic (exact) mass is 600 g/mol. The van der Waals surface area contributed by atoms with E-state index in [4.69, 9.17) is 4.74 Å². The number of carbonyl (C=O) groups is 2. The van der Waals surface area contributed by atoms with Gasteiger partial charge in [-0.2, -0.15) is 0 Å². The van der Waals surface area contributed by atoms with Crippen LogP contribution >= 0.6 is 0 Å². The van der Waals surface area contributed by atoms with Crippen LogP contribution in [0.2, 0.25) is 0 Å². The average molecular weight is 601 g/mol. The third-order valence-corrected chi connectivity index (χ3v) is 8.55. The molecule has 1 saturated heterocycles. The van der Waals surface area contributed by atoms with E-state index in [0.717, 1.165) is 27.8 Å². The van der Waals surface area contributed by atoms with Crippen LogP contribution in [0, 0.1) is 11.6 Å². The number of rotatable bonds is 8. The normalized spacial score (nSPS) is 18.0. The molecule has 0 radical (unpaired) electrons. The quantitative estimate of drug-likeness (QED) is 0.172. The van der Waals surface area contributed by atoms with Crippen molar-refractivity contribution in [2.24, 2.45) is 0 Å². The third-order valence-electron chi connectivity index (χ3n) is 8.55. The van der Waals surface area contributed by atoms with Crippen molar-refractivity contribution >= 4 is 11.8 Å². The number of fused-ring (bicyclic) bond motifs is 1. The topological polar surface area (TPSA) is 49.9 Å². The van der Waals surface area contributed by atoms with E-state index in [1.54, 1.807) is 48.5 Å². The molecule has 2 heterocycles. The zero-order valence-electron chi connectivity index (χ0n) is 24.4. The Kier molecular flexibility index (Phi) is 7.69. The predicted molar refractivity (Wildman–Crippen MR) is 169 cm³/mol. The number of hydrogen-bond acceptors (Lipinski definition) is 4. The van der Waals surface area contributed by atoms with E-state index >= 15 is 0 Å². The van der Waals surface area contributed by atoms with Crippen molar-refractivity contribution in [3.05, 3.63) is 150 Å². The van der Waals surface area contributed by atoms with Crippen molar-refractivity contribution < 1.29 is 23.1 Å². The van der Waals surface area contributed by atoms with Gasteiger partial charge in [0.1, 0.15) is 23.5 Å². The molecule has 7 heteroatoms. The van der Waals surface area contributed by atoms with Gasteiger partial charge in [-0.05, 0) is 82.4 Å². The van der Waals surface area contributed by atoms with Crippen LogP contribution in [0.5, 0.6) is 5.75 Å². The molecule has 5 nitrogen and oxygen atoms in total. The van der Waals surface area contributed by atoms with Crippen molar-refractivity contribution in [3.8, 4) is 28.0 Å². The highest BCUT2D eigenvalue weighted by Gasteiger charge is 2.41. The van der Waals surface area contributed by atoms with E-state index in [0.29, 0.717) is 36.4 Å². The first-order valence-corrected chi connectivity index (χ1v) is 15.0. The van der Waals surface area contributed by atoms with Gasteiger partial charge in [-0.25, -0.2) is 8.78 Å². The SMILES string of the molecule is O=C1c2ccccc2C(=O)N1C[C@@H]1C[C@H](Oc2cc(-c3ccc(F)cc3)cc(-c3ccc(F)cc3)c2)CN1Cc1ccccc1. The number of benzene rings is 5. The summed E-state index contributed by atoms with van der Waals surface area (Å²) in [5.74, 6) is -0.551. The molecule has 5 aromatic carbocycles. The maximum absolute atomic E-state index is 13.7. The molecule has 45 heavy (non-hydrogen) atoms. The Bertz CT molecular complexity index is 1760.